The lowest BCUT2D eigenvalue weighted by molar-refractivity contribution is -0.161. The molecule has 3 N–H and O–H groups in total. The number of ether oxygens (including phenoxy) is 4. The van der Waals surface area contributed by atoms with Crippen molar-refractivity contribution in [2.45, 2.75) is 464 Å². The Labute approximate surface area is 632 Å². The van der Waals surface area contributed by atoms with Crippen molar-refractivity contribution in [2.24, 2.45) is 11.8 Å². The van der Waals surface area contributed by atoms with Crippen LogP contribution >= 0.6 is 15.6 Å². The molecule has 0 aromatic heterocycles. The van der Waals surface area contributed by atoms with Crippen molar-refractivity contribution >= 4 is 39.5 Å². The molecular weight excluding hydrogens is 1340 g/mol. The van der Waals surface area contributed by atoms with E-state index in [1.165, 1.54) is 257 Å². The lowest BCUT2D eigenvalue weighted by atomic mass is 10.0. The number of carbonyl (C=O) groups excluding carboxylic acids is 4. The molecule has 612 valence electrons. The fourth-order valence-corrected chi connectivity index (χ4v) is 14.6. The van der Waals surface area contributed by atoms with Crippen LogP contribution in [-0.4, -0.2) is 96.7 Å². The van der Waals surface area contributed by atoms with Crippen LogP contribution in [0.4, 0.5) is 0 Å². The standard InChI is InChI=1S/C84H164O17P2/c1-7-9-11-13-15-17-19-21-23-25-26-28-32-37-41-45-49-57-62-68-83(88)100-79(72-94-81(86)66-60-54-47-43-39-35-33-29-30-34-38-42-46-52-58-64-76(3)4)74-98-102(90,91)96-70-78(85)71-97-103(92,93)99-75-80(73-95-82(87)67-61-55-51-50-53-59-65-77(5)6)101-84(89)69-63-56-48-44-40-36-31-27-24-22-20-18-16-14-12-10-8-2/h76-80,85H,7-75H2,1-6H3,(H,90,91)(H,92,93)/t78-,79-,80-/m1/s1. The van der Waals surface area contributed by atoms with Gasteiger partial charge in [0.05, 0.1) is 26.4 Å². The van der Waals surface area contributed by atoms with Crippen LogP contribution in [0.15, 0.2) is 0 Å². The molecular formula is C84H164O17P2. The molecule has 0 amide bonds. The Morgan fingerprint density at radius 3 is 0.660 bits per heavy atom. The zero-order valence-corrected chi connectivity index (χ0v) is 69.4. The maximum atomic E-state index is 13.1. The summed E-state index contributed by atoms with van der Waals surface area (Å²) in [4.78, 5) is 73.1. The fraction of sp³-hybridized carbons (Fsp3) is 0.952. The molecule has 0 aromatic carbocycles. The van der Waals surface area contributed by atoms with Gasteiger partial charge in [-0.3, -0.25) is 37.3 Å². The number of hydrogen-bond acceptors (Lipinski definition) is 15. The van der Waals surface area contributed by atoms with Gasteiger partial charge in [0.25, 0.3) is 0 Å². The molecule has 0 radical (unpaired) electrons. The SMILES string of the molecule is CCCCCCCCCCCCCCCCCCCCCC(=O)O[C@H](COC(=O)CCCCCCCCCCCCCCCCCC(C)C)COP(=O)(O)OC[C@@H](O)COP(=O)(O)OC[C@@H](COC(=O)CCCCCCCCC(C)C)OC(=O)CCCCCCCCCCCCCCCCCCC. The van der Waals surface area contributed by atoms with Crippen molar-refractivity contribution in [1.82, 2.24) is 0 Å². The molecule has 0 saturated heterocycles. The highest BCUT2D eigenvalue weighted by Crippen LogP contribution is 2.45. The van der Waals surface area contributed by atoms with Crippen LogP contribution in [0.2, 0.25) is 0 Å². The summed E-state index contributed by atoms with van der Waals surface area (Å²) in [6.45, 7) is 9.61. The number of aliphatic hydroxyl groups is 1. The van der Waals surface area contributed by atoms with Gasteiger partial charge < -0.3 is 33.8 Å². The number of rotatable bonds is 83. The average molecular weight is 1510 g/mol. The Hall–Kier alpha value is -1.94. The molecule has 0 aliphatic heterocycles. The van der Waals surface area contributed by atoms with Crippen molar-refractivity contribution in [3.05, 3.63) is 0 Å². The highest BCUT2D eigenvalue weighted by atomic mass is 31.2. The van der Waals surface area contributed by atoms with Gasteiger partial charge in [-0.05, 0) is 37.5 Å². The lowest BCUT2D eigenvalue weighted by Crippen LogP contribution is -2.30. The Balaban J connectivity index is 5.22. The minimum absolute atomic E-state index is 0.108. The van der Waals surface area contributed by atoms with Crippen LogP contribution in [0.5, 0.6) is 0 Å². The van der Waals surface area contributed by atoms with Gasteiger partial charge in [-0.1, -0.05) is 395 Å². The summed E-state index contributed by atoms with van der Waals surface area (Å²) < 4.78 is 68.8. The minimum atomic E-state index is -4.96. The van der Waals surface area contributed by atoms with Crippen molar-refractivity contribution in [3.8, 4) is 0 Å². The number of hydrogen-bond donors (Lipinski definition) is 3. The number of unbranched alkanes of at least 4 members (excludes halogenated alkanes) is 53. The van der Waals surface area contributed by atoms with E-state index in [0.717, 1.165) is 102 Å². The molecule has 0 heterocycles. The molecule has 2 unspecified atom stereocenters. The van der Waals surface area contributed by atoms with E-state index in [4.69, 9.17) is 37.0 Å². The quantitative estimate of drug-likeness (QED) is 0.0222. The summed E-state index contributed by atoms with van der Waals surface area (Å²) in [6, 6.07) is 0. The highest BCUT2D eigenvalue weighted by molar-refractivity contribution is 7.47. The summed E-state index contributed by atoms with van der Waals surface area (Å²) in [5.41, 5.74) is 0. The van der Waals surface area contributed by atoms with Gasteiger partial charge >= 0.3 is 39.5 Å². The summed E-state index contributed by atoms with van der Waals surface area (Å²) in [6.07, 6.45) is 66.8. The van der Waals surface area contributed by atoms with E-state index in [2.05, 4.69) is 41.5 Å². The summed E-state index contributed by atoms with van der Waals surface area (Å²) in [5.74, 6) is -0.620. The van der Waals surface area contributed by atoms with Crippen molar-refractivity contribution in [1.29, 1.82) is 0 Å². The predicted octanol–water partition coefficient (Wildman–Crippen LogP) is 25.5. The van der Waals surface area contributed by atoms with Crippen molar-refractivity contribution in [3.63, 3.8) is 0 Å². The molecule has 0 fully saturated rings. The number of phosphoric ester groups is 2. The Morgan fingerprint density at radius 1 is 0.262 bits per heavy atom. The monoisotopic (exact) mass is 1510 g/mol. The van der Waals surface area contributed by atoms with E-state index in [0.29, 0.717) is 31.6 Å². The first-order valence-electron chi connectivity index (χ1n) is 43.5. The number of aliphatic hydroxyl groups excluding tert-OH is 1. The summed E-state index contributed by atoms with van der Waals surface area (Å²) >= 11 is 0. The Bertz CT molecular complexity index is 1980. The molecule has 5 atom stereocenters. The molecule has 103 heavy (non-hydrogen) atoms. The molecule has 0 rings (SSSR count). The Kier molecular flexibility index (Phi) is 74.1. The van der Waals surface area contributed by atoms with Crippen LogP contribution in [0.25, 0.3) is 0 Å². The van der Waals surface area contributed by atoms with Gasteiger partial charge in [0, 0.05) is 25.7 Å². The van der Waals surface area contributed by atoms with Gasteiger partial charge in [0.15, 0.2) is 12.2 Å². The number of phosphoric acid groups is 2. The predicted molar refractivity (Wildman–Crippen MR) is 423 cm³/mol. The third-order valence-electron chi connectivity index (χ3n) is 19.7. The highest BCUT2D eigenvalue weighted by Gasteiger charge is 2.30. The average Bonchev–Trinajstić information content (AvgIpc) is 0.957. The normalized spacial score (nSPS) is 13.9. The van der Waals surface area contributed by atoms with Gasteiger partial charge in [-0.15, -0.1) is 0 Å². The van der Waals surface area contributed by atoms with Crippen LogP contribution in [0.3, 0.4) is 0 Å². The largest absolute Gasteiger partial charge is 0.472 e. The molecule has 0 saturated carbocycles. The maximum Gasteiger partial charge on any atom is 0.472 e. The van der Waals surface area contributed by atoms with Gasteiger partial charge in [-0.25, -0.2) is 9.13 Å². The summed E-state index contributed by atoms with van der Waals surface area (Å²) in [7, 11) is -9.92. The van der Waals surface area contributed by atoms with Gasteiger partial charge in [0.2, 0.25) is 0 Å². The molecule has 0 bridgehead atoms. The van der Waals surface area contributed by atoms with Gasteiger partial charge in [0.1, 0.15) is 19.3 Å². The third-order valence-corrected chi connectivity index (χ3v) is 21.6. The first-order valence-corrected chi connectivity index (χ1v) is 46.5. The van der Waals surface area contributed by atoms with Crippen LogP contribution in [-0.2, 0) is 65.4 Å². The first kappa shape index (κ1) is 101. The van der Waals surface area contributed by atoms with E-state index in [-0.39, 0.29) is 25.7 Å². The molecule has 0 spiro atoms. The van der Waals surface area contributed by atoms with Crippen molar-refractivity contribution in [2.75, 3.05) is 39.6 Å². The minimum Gasteiger partial charge on any atom is -0.462 e. The fourth-order valence-electron chi connectivity index (χ4n) is 13.1. The smallest absolute Gasteiger partial charge is 0.462 e. The maximum absolute atomic E-state index is 13.1. The number of carbonyl (C=O) groups is 4. The van der Waals surface area contributed by atoms with Crippen LogP contribution < -0.4 is 0 Å². The van der Waals surface area contributed by atoms with E-state index >= 15 is 0 Å². The second-order valence-corrected chi connectivity index (χ2v) is 34.1. The van der Waals surface area contributed by atoms with Crippen LogP contribution in [0.1, 0.15) is 446 Å². The first-order chi connectivity index (χ1) is 49.9. The zero-order valence-electron chi connectivity index (χ0n) is 67.6. The molecule has 19 heteroatoms. The van der Waals surface area contributed by atoms with Gasteiger partial charge in [-0.2, -0.15) is 0 Å². The Morgan fingerprint density at radius 2 is 0.447 bits per heavy atom. The lowest BCUT2D eigenvalue weighted by Gasteiger charge is -2.21. The molecule has 0 aliphatic rings. The van der Waals surface area contributed by atoms with E-state index in [1.54, 1.807) is 0 Å². The molecule has 0 aromatic rings. The summed E-state index contributed by atoms with van der Waals surface area (Å²) in [5, 5.41) is 10.7. The number of esters is 4. The second kappa shape index (κ2) is 75.5. The third kappa shape index (κ3) is 78.0. The second-order valence-electron chi connectivity index (χ2n) is 31.2. The molecule has 17 nitrogen and oxygen atoms in total. The molecule has 0 aliphatic carbocycles. The van der Waals surface area contributed by atoms with E-state index in [1.807, 2.05) is 0 Å². The van der Waals surface area contributed by atoms with E-state index < -0.39 is 97.5 Å². The van der Waals surface area contributed by atoms with Crippen molar-refractivity contribution < 1.29 is 80.2 Å². The topological polar surface area (TPSA) is 237 Å². The van der Waals surface area contributed by atoms with Crippen LogP contribution in [0, 0.1) is 11.8 Å². The van der Waals surface area contributed by atoms with E-state index in [9.17, 15) is 43.2 Å². The zero-order chi connectivity index (χ0) is 75.6.